The Morgan fingerprint density at radius 3 is 2.19 bits per heavy atom. The second-order valence-corrected chi connectivity index (χ2v) is 6.03. The lowest BCUT2D eigenvalue weighted by molar-refractivity contribution is -0.112. The molecular formula is C20H17FN2O3. The van der Waals surface area contributed by atoms with Crippen LogP contribution < -0.4 is 10.1 Å². The molecule has 1 fully saturated rings. The standard InChI is InChI=1S/C20H17FN2O3/c21-14-4-8-16(9-5-14)26-17-10-6-15(7-11-17)23-20(25)18(12-22)19(24)13-2-1-3-13/h4-11,13,24H,1-3H2,(H,23,25). The van der Waals surface area contributed by atoms with E-state index in [0.29, 0.717) is 17.2 Å². The number of hydrogen-bond acceptors (Lipinski definition) is 4. The van der Waals surface area contributed by atoms with Crippen LogP contribution in [-0.2, 0) is 4.79 Å². The Hall–Kier alpha value is -3.33. The summed E-state index contributed by atoms with van der Waals surface area (Å²) < 4.78 is 18.5. The highest BCUT2D eigenvalue weighted by molar-refractivity contribution is 6.06. The summed E-state index contributed by atoms with van der Waals surface area (Å²) in [6, 6.07) is 13.9. The Labute approximate surface area is 150 Å². The van der Waals surface area contributed by atoms with Gasteiger partial charge < -0.3 is 15.2 Å². The Bertz CT molecular complexity index is 863. The smallest absolute Gasteiger partial charge is 0.269 e. The molecule has 1 amide bonds. The van der Waals surface area contributed by atoms with Crippen molar-refractivity contribution >= 4 is 11.6 Å². The third-order valence-corrected chi connectivity index (χ3v) is 4.25. The molecule has 3 rings (SSSR count). The second kappa shape index (κ2) is 7.70. The van der Waals surface area contributed by atoms with Gasteiger partial charge in [0.25, 0.3) is 5.91 Å². The van der Waals surface area contributed by atoms with Crippen molar-refractivity contribution in [1.29, 1.82) is 5.26 Å². The first-order chi connectivity index (χ1) is 12.6. The molecule has 26 heavy (non-hydrogen) atoms. The Morgan fingerprint density at radius 1 is 1.12 bits per heavy atom. The number of benzene rings is 2. The number of carbonyl (C=O) groups excluding carboxylic acids is 1. The minimum Gasteiger partial charge on any atom is -0.510 e. The number of anilines is 1. The number of allylic oxidation sites excluding steroid dienone is 1. The van der Waals surface area contributed by atoms with Crippen molar-refractivity contribution < 1.29 is 19.0 Å². The van der Waals surface area contributed by atoms with Gasteiger partial charge in [-0.2, -0.15) is 5.26 Å². The predicted molar refractivity (Wildman–Crippen MR) is 94.2 cm³/mol. The zero-order valence-electron chi connectivity index (χ0n) is 13.9. The van der Waals surface area contributed by atoms with E-state index in [1.165, 1.54) is 24.3 Å². The maximum atomic E-state index is 12.9. The van der Waals surface area contributed by atoms with Crippen LogP contribution in [0.3, 0.4) is 0 Å². The van der Waals surface area contributed by atoms with Crippen LogP contribution in [0.5, 0.6) is 11.5 Å². The molecule has 0 unspecified atom stereocenters. The van der Waals surface area contributed by atoms with Gasteiger partial charge in [-0.1, -0.05) is 6.42 Å². The average Bonchev–Trinajstić information content (AvgIpc) is 2.58. The molecular weight excluding hydrogens is 335 g/mol. The van der Waals surface area contributed by atoms with Crippen LogP contribution in [0.2, 0.25) is 0 Å². The van der Waals surface area contributed by atoms with Crippen LogP contribution in [0.1, 0.15) is 19.3 Å². The molecule has 5 nitrogen and oxygen atoms in total. The second-order valence-electron chi connectivity index (χ2n) is 6.03. The average molecular weight is 352 g/mol. The first kappa shape index (κ1) is 17.5. The number of nitrogens with zero attached hydrogens (tertiary/aromatic N) is 1. The van der Waals surface area contributed by atoms with Gasteiger partial charge in [-0.05, 0) is 61.4 Å². The summed E-state index contributed by atoms with van der Waals surface area (Å²) in [6.45, 7) is 0. The lowest BCUT2D eigenvalue weighted by atomic mass is 9.82. The van der Waals surface area contributed by atoms with Gasteiger partial charge in [-0.15, -0.1) is 0 Å². The highest BCUT2D eigenvalue weighted by Gasteiger charge is 2.27. The molecule has 1 aliphatic rings. The van der Waals surface area contributed by atoms with E-state index in [0.717, 1.165) is 19.3 Å². The van der Waals surface area contributed by atoms with E-state index >= 15 is 0 Å². The zero-order chi connectivity index (χ0) is 18.5. The van der Waals surface area contributed by atoms with Crippen LogP contribution in [-0.4, -0.2) is 11.0 Å². The number of amides is 1. The number of ether oxygens (including phenoxy) is 1. The quantitative estimate of drug-likeness (QED) is 0.464. The van der Waals surface area contributed by atoms with Gasteiger partial charge in [0.05, 0.1) is 0 Å². The minimum absolute atomic E-state index is 0.0955. The summed E-state index contributed by atoms with van der Waals surface area (Å²) in [7, 11) is 0. The van der Waals surface area contributed by atoms with Crippen molar-refractivity contribution in [3.63, 3.8) is 0 Å². The number of halogens is 1. The number of rotatable bonds is 5. The van der Waals surface area contributed by atoms with E-state index in [1.807, 2.05) is 0 Å². The highest BCUT2D eigenvalue weighted by atomic mass is 19.1. The fourth-order valence-corrected chi connectivity index (χ4v) is 2.55. The molecule has 1 aliphatic carbocycles. The maximum absolute atomic E-state index is 12.9. The van der Waals surface area contributed by atoms with Crippen LogP contribution in [0.25, 0.3) is 0 Å². The molecule has 1 saturated carbocycles. The molecule has 2 N–H and O–H groups in total. The largest absolute Gasteiger partial charge is 0.510 e. The van der Waals surface area contributed by atoms with E-state index in [1.54, 1.807) is 30.3 Å². The van der Waals surface area contributed by atoms with Gasteiger partial charge in [-0.25, -0.2) is 4.39 Å². The Balaban J connectivity index is 1.66. The fraction of sp³-hybridized carbons (Fsp3) is 0.200. The first-order valence-electron chi connectivity index (χ1n) is 8.25. The van der Waals surface area contributed by atoms with Crippen molar-refractivity contribution in [3.8, 4) is 17.6 Å². The lowest BCUT2D eigenvalue weighted by Crippen LogP contribution is -2.21. The molecule has 0 saturated heterocycles. The Kier molecular flexibility index (Phi) is 5.18. The van der Waals surface area contributed by atoms with Crippen molar-refractivity contribution in [3.05, 3.63) is 65.7 Å². The van der Waals surface area contributed by atoms with Gasteiger partial charge in [0.1, 0.15) is 29.1 Å². The molecule has 0 heterocycles. The molecule has 0 bridgehead atoms. The molecule has 0 aromatic heterocycles. The SMILES string of the molecule is N#CC(C(=O)Nc1ccc(Oc2ccc(F)cc2)cc1)=C(O)C1CCC1. The minimum atomic E-state index is -0.635. The molecule has 0 spiro atoms. The van der Waals surface area contributed by atoms with Crippen molar-refractivity contribution in [1.82, 2.24) is 0 Å². The molecule has 2 aromatic carbocycles. The number of nitrogens with one attached hydrogen (secondary N) is 1. The Morgan fingerprint density at radius 2 is 1.69 bits per heavy atom. The summed E-state index contributed by atoms with van der Waals surface area (Å²) in [5.74, 6) is -0.202. The number of carbonyl (C=O) groups is 1. The maximum Gasteiger partial charge on any atom is 0.269 e. The van der Waals surface area contributed by atoms with Gasteiger partial charge >= 0.3 is 0 Å². The van der Waals surface area contributed by atoms with Crippen molar-refractivity contribution in [2.75, 3.05) is 5.32 Å². The summed E-state index contributed by atoms with van der Waals surface area (Å²) in [5, 5.41) is 21.8. The summed E-state index contributed by atoms with van der Waals surface area (Å²) in [4.78, 5) is 12.2. The van der Waals surface area contributed by atoms with E-state index in [4.69, 9.17) is 10.00 Å². The normalized spacial score (nSPS) is 14.6. The van der Waals surface area contributed by atoms with E-state index in [2.05, 4.69) is 5.32 Å². The lowest BCUT2D eigenvalue weighted by Gasteiger charge is -2.25. The number of hydrogen-bond donors (Lipinski definition) is 2. The molecule has 132 valence electrons. The van der Waals surface area contributed by atoms with E-state index < -0.39 is 5.91 Å². The van der Waals surface area contributed by atoms with Crippen LogP contribution in [0.4, 0.5) is 10.1 Å². The van der Waals surface area contributed by atoms with Crippen molar-refractivity contribution in [2.24, 2.45) is 5.92 Å². The number of aliphatic hydroxyl groups is 1. The first-order valence-corrected chi connectivity index (χ1v) is 8.25. The number of nitriles is 1. The van der Waals surface area contributed by atoms with E-state index in [9.17, 15) is 14.3 Å². The molecule has 0 aliphatic heterocycles. The van der Waals surface area contributed by atoms with Gasteiger partial charge in [0.15, 0.2) is 5.57 Å². The van der Waals surface area contributed by atoms with Crippen LogP contribution in [0, 0.1) is 23.1 Å². The fourth-order valence-electron chi connectivity index (χ4n) is 2.55. The van der Waals surface area contributed by atoms with Crippen LogP contribution in [0.15, 0.2) is 59.9 Å². The van der Waals surface area contributed by atoms with E-state index in [-0.39, 0.29) is 23.1 Å². The molecule has 0 atom stereocenters. The third-order valence-electron chi connectivity index (χ3n) is 4.25. The highest BCUT2D eigenvalue weighted by Crippen LogP contribution is 2.33. The summed E-state index contributed by atoms with van der Waals surface area (Å²) in [5.41, 5.74) is 0.219. The van der Waals surface area contributed by atoms with Crippen LogP contribution >= 0.6 is 0 Å². The molecule has 2 aromatic rings. The summed E-state index contributed by atoms with van der Waals surface area (Å²) >= 11 is 0. The van der Waals surface area contributed by atoms with Gasteiger partial charge in [0, 0.05) is 11.6 Å². The summed E-state index contributed by atoms with van der Waals surface area (Å²) in [6.07, 6.45) is 2.57. The third kappa shape index (κ3) is 4.01. The van der Waals surface area contributed by atoms with Crippen molar-refractivity contribution in [2.45, 2.75) is 19.3 Å². The van der Waals surface area contributed by atoms with Gasteiger partial charge in [-0.3, -0.25) is 4.79 Å². The zero-order valence-corrected chi connectivity index (χ0v) is 13.9. The molecule has 0 radical (unpaired) electrons. The topological polar surface area (TPSA) is 82.4 Å². The van der Waals surface area contributed by atoms with Gasteiger partial charge in [0.2, 0.25) is 0 Å². The number of aliphatic hydroxyl groups excluding tert-OH is 1. The molecule has 6 heteroatoms. The monoisotopic (exact) mass is 352 g/mol. The predicted octanol–water partition coefficient (Wildman–Crippen LogP) is 4.69.